The molecule has 1 unspecified atom stereocenters. The Kier molecular flexibility index (Phi) is 4.75. The zero-order valence-electron chi connectivity index (χ0n) is 11.1. The summed E-state index contributed by atoms with van der Waals surface area (Å²) in [4.78, 5) is 0.182. The fourth-order valence-corrected chi connectivity index (χ4v) is 3.95. The van der Waals surface area contributed by atoms with Gasteiger partial charge >= 0.3 is 0 Å². The summed E-state index contributed by atoms with van der Waals surface area (Å²) in [6.45, 7) is 6.45. The van der Waals surface area contributed by atoms with Crippen LogP contribution in [0.25, 0.3) is 0 Å². The van der Waals surface area contributed by atoms with Gasteiger partial charge in [-0.1, -0.05) is 51.3 Å². The third-order valence-corrected chi connectivity index (χ3v) is 5.43. The van der Waals surface area contributed by atoms with Crippen LogP contribution in [0.15, 0.2) is 34.8 Å². The Hall–Kier alpha value is -0.310. The molecular weight excluding hydrogens is 387 g/mol. The van der Waals surface area contributed by atoms with Crippen LogP contribution in [0.5, 0.6) is 0 Å². The molecule has 0 amide bonds. The van der Waals surface area contributed by atoms with Gasteiger partial charge in [0.15, 0.2) is 0 Å². The Morgan fingerprint density at radius 3 is 2.11 bits per heavy atom. The van der Waals surface area contributed by atoms with Gasteiger partial charge in [0, 0.05) is 4.47 Å². The highest BCUT2D eigenvalue weighted by Crippen LogP contribution is 2.37. The predicted octanol–water partition coefficient (Wildman–Crippen LogP) is 6.51. The maximum absolute atomic E-state index is 6.05. The minimum atomic E-state index is 0.182. The van der Waals surface area contributed by atoms with E-state index < -0.39 is 0 Å². The van der Waals surface area contributed by atoms with Crippen molar-refractivity contribution in [2.24, 2.45) is 0 Å². The lowest BCUT2D eigenvalue weighted by atomic mass is 9.94. The van der Waals surface area contributed by atoms with Gasteiger partial charge < -0.3 is 0 Å². The van der Waals surface area contributed by atoms with Crippen LogP contribution < -0.4 is 0 Å². The highest BCUT2D eigenvalue weighted by Gasteiger charge is 2.16. The number of aryl methyl sites for hydroxylation is 3. The smallest absolute Gasteiger partial charge is 0.0650 e. The molecule has 3 heteroatoms. The van der Waals surface area contributed by atoms with Crippen molar-refractivity contribution in [2.45, 2.75) is 25.6 Å². The van der Waals surface area contributed by atoms with Crippen molar-refractivity contribution in [3.8, 4) is 0 Å². The Morgan fingerprint density at radius 1 is 1.00 bits per heavy atom. The standard InChI is InChI=1S/C16H15Br2Cl/c1-9-6-10(2)15(11(3)7-9)16(18)12-4-5-14(19)13(17)8-12/h4-8,16H,1-3H3. The van der Waals surface area contributed by atoms with E-state index in [9.17, 15) is 0 Å². The van der Waals surface area contributed by atoms with Crippen LogP contribution >= 0.6 is 43.5 Å². The van der Waals surface area contributed by atoms with Crippen molar-refractivity contribution in [3.05, 3.63) is 67.6 Å². The summed E-state index contributed by atoms with van der Waals surface area (Å²) < 4.78 is 0.929. The minimum Gasteiger partial charge on any atom is -0.0831 e. The number of hydrogen-bond acceptors (Lipinski definition) is 0. The molecule has 0 aliphatic carbocycles. The van der Waals surface area contributed by atoms with Crippen LogP contribution in [-0.2, 0) is 0 Å². The maximum Gasteiger partial charge on any atom is 0.0650 e. The molecule has 0 radical (unpaired) electrons. The first kappa shape index (κ1) is 15.1. The summed E-state index contributed by atoms with van der Waals surface area (Å²) in [7, 11) is 0. The average Bonchev–Trinajstić information content (AvgIpc) is 2.31. The van der Waals surface area contributed by atoms with Crippen LogP contribution in [0.3, 0.4) is 0 Å². The van der Waals surface area contributed by atoms with Gasteiger partial charge in [0.05, 0.1) is 9.85 Å². The molecule has 2 aromatic carbocycles. The molecule has 1 atom stereocenters. The molecule has 0 saturated heterocycles. The average molecular weight is 403 g/mol. The normalized spacial score (nSPS) is 12.5. The summed E-state index contributed by atoms with van der Waals surface area (Å²) in [5.74, 6) is 0. The molecule has 0 aromatic heterocycles. The van der Waals surface area contributed by atoms with Crippen molar-refractivity contribution in [2.75, 3.05) is 0 Å². The van der Waals surface area contributed by atoms with E-state index in [0.717, 1.165) is 9.50 Å². The number of halogens is 3. The van der Waals surface area contributed by atoms with Gasteiger partial charge in [-0.05, 0) is 71.1 Å². The molecule has 0 saturated carbocycles. The van der Waals surface area contributed by atoms with E-state index in [1.54, 1.807) is 0 Å². The van der Waals surface area contributed by atoms with E-state index in [-0.39, 0.29) is 4.83 Å². The van der Waals surface area contributed by atoms with Crippen LogP contribution in [0.1, 0.15) is 32.6 Å². The fourth-order valence-electron chi connectivity index (χ4n) is 2.43. The zero-order chi connectivity index (χ0) is 14.2. The minimum absolute atomic E-state index is 0.182. The van der Waals surface area contributed by atoms with Gasteiger partial charge in [-0.3, -0.25) is 0 Å². The number of alkyl halides is 1. The van der Waals surface area contributed by atoms with Gasteiger partial charge in [0.2, 0.25) is 0 Å². The number of benzene rings is 2. The quantitative estimate of drug-likeness (QED) is 0.502. The first-order valence-electron chi connectivity index (χ1n) is 6.07. The summed E-state index contributed by atoms with van der Waals surface area (Å²) >= 11 is 13.4. The van der Waals surface area contributed by atoms with Crippen LogP contribution in [0.4, 0.5) is 0 Å². The van der Waals surface area contributed by atoms with Crippen LogP contribution in [0.2, 0.25) is 5.02 Å². The van der Waals surface area contributed by atoms with Gasteiger partial charge in [-0.2, -0.15) is 0 Å². The largest absolute Gasteiger partial charge is 0.0831 e. The monoisotopic (exact) mass is 400 g/mol. The third kappa shape index (κ3) is 3.24. The highest BCUT2D eigenvalue weighted by molar-refractivity contribution is 9.10. The summed E-state index contributed by atoms with van der Waals surface area (Å²) in [5, 5.41) is 0.737. The van der Waals surface area contributed by atoms with Crippen LogP contribution in [-0.4, -0.2) is 0 Å². The summed E-state index contributed by atoms with van der Waals surface area (Å²) in [6, 6.07) is 10.5. The van der Waals surface area contributed by atoms with Gasteiger partial charge in [-0.15, -0.1) is 0 Å². The first-order chi connectivity index (χ1) is 8.90. The van der Waals surface area contributed by atoms with Crippen LogP contribution in [0, 0.1) is 20.8 Å². The van der Waals surface area contributed by atoms with Gasteiger partial charge in [-0.25, -0.2) is 0 Å². The first-order valence-corrected chi connectivity index (χ1v) is 8.15. The Bertz CT molecular complexity index is 597. The third-order valence-electron chi connectivity index (χ3n) is 3.23. The Labute approximate surface area is 136 Å². The van der Waals surface area contributed by atoms with Crippen molar-refractivity contribution < 1.29 is 0 Å². The molecule has 19 heavy (non-hydrogen) atoms. The molecule has 0 bridgehead atoms. The van der Waals surface area contributed by atoms with E-state index in [4.69, 9.17) is 11.6 Å². The van der Waals surface area contributed by atoms with E-state index in [2.05, 4.69) is 76.9 Å². The van der Waals surface area contributed by atoms with E-state index in [0.29, 0.717) is 0 Å². The molecule has 0 fully saturated rings. The molecule has 100 valence electrons. The molecule has 0 nitrogen and oxygen atoms in total. The predicted molar refractivity (Wildman–Crippen MR) is 90.6 cm³/mol. The van der Waals surface area contributed by atoms with Gasteiger partial charge in [0.1, 0.15) is 0 Å². The molecule has 2 rings (SSSR count). The fraction of sp³-hybridized carbons (Fsp3) is 0.250. The van der Waals surface area contributed by atoms with E-state index >= 15 is 0 Å². The summed E-state index contributed by atoms with van der Waals surface area (Å²) in [6.07, 6.45) is 0. The second-order valence-electron chi connectivity index (χ2n) is 4.85. The van der Waals surface area contributed by atoms with Crippen molar-refractivity contribution in [1.82, 2.24) is 0 Å². The molecule has 2 aromatic rings. The van der Waals surface area contributed by atoms with Gasteiger partial charge in [0.25, 0.3) is 0 Å². The Balaban J connectivity index is 2.49. The summed E-state index contributed by atoms with van der Waals surface area (Å²) in [5.41, 5.74) is 6.46. The number of rotatable bonds is 2. The molecule has 0 spiro atoms. The highest BCUT2D eigenvalue weighted by atomic mass is 79.9. The lowest BCUT2D eigenvalue weighted by Gasteiger charge is -2.18. The second-order valence-corrected chi connectivity index (χ2v) is 7.03. The molecule has 0 N–H and O–H groups in total. The van der Waals surface area contributed by atoms with Crippen molar-refractivity contribution >= 4 is 43.5 Å². The number of hydrogen-bond donors (Lipinski definition) is 0. The lowest BCUT2D eigenvalue weighted by molar-refractivity contribution is 1.10. The molecule has 0 heterocycles. The van der Waals surface area contributed by atoms with E-state index in [1.165, 1.54) is 27.8 Å². The zero-order valence-corrected chi connectivity index (χ0v) is 15.0. The maximum atomic E-state index is 6.05. The SMILES string of the molecule is Cc1cc(C)c(C(Br)c2ccc(Cl)c(Br)c2)c(C)c1. The molecule has 0 aliphatic rings. The molecular formula is C16H15Br2Cl. The van der Waals surface area contributed by atoms with Crippen molar-refractivity contribution in [3.63, 3.8) is 0 Å². The topological polar surface area (TPSA) is 0 Å². The Morgan fingerprint density at radius 2 is 1.58 bits per heavy atom. The van der Waals surface area contributed by atoms with E-state index in [1.807, 2.05) is 6.07 Å². The van der Waals surface area contributed by atoms with Crippen molar-refractivity contribution in [1.29, 1.82) is 0 Å². The lowest BCUT2D eigenvalue weighted by Crippen LogP contribution is -2.00. The second kappa shape index (κ2) is 5.99. The molecule has 0 aliphatic heterocycles.